The summed E-state index contributed by atoms with van der Waals surface area (Å²) in [4.78, 5) is 18.2. The van der Waals surface area contributed by atoms with E-state index in [-0.39, 0.29) is 17.7 Å². The molecule has 152 valence electrons. The van der Waals surface area contributed by atoms with E-state index in [0.717, 1.165) is 22.2 Å². The second-order valence-electron chi connectivity index (χ2n) is 6.72. The summed E-state index contributed by atoms with van der Waals surface area (Å²) in [6.07, 6.45) is 3.98. The second kappa shape index (κ2) is 8.73. The molecule has 0 atom stereocenters. The van der Waals surface area contributed by atoms with Gasteiger partial charge < -0.3 is 10.1 Å². The number of pyridine rings is 1. The van der Waals surface area contributed by atoms with E-state index in [1.54, 1.807) is 36.5 Å². The number of carbonyl (C=O) groups is 1. The number of hydrogen-bond acceptors (Lipinski definition) is 5. The minimum atomic E-state index is -0.320. The lowest BCUT2D eigenvalue weighted by Gasteiger charge is -2.13. The van der Waals surface area contributed by atoms with E-state index >= 15 is 0 Å². The Morgan fingerprint density at radius 3 is 2.67 bits per heavy atom. The molecule has 1 aliphatic rings. The van der Waals surface area contributed by atoms with E-state index in [1.807, 2.05) is 24.3 Å². The Labute approximate surface area is 183 Å². The molecule has 1 aromatic heterocycles. The average molecular weight is 441 g/mol. The summed E-state index contributed by atoms with van der Waals surface area (Å²) in [6.45, 7) is 0.993. The summed E-state index contributed by atoms with van der Waals surface area (Å²) < 4.78 is 5.35. The van der Waals surface area contributed by atoms with Gasteiger partial charge in [-0.2, -0.15) is 0 Å². The Bertz CT molecular complexity index is 1150. The number of nitrogens with one attached hydrogen (secondary N) is 2. The van der Waals surface area contributed by atoms with Crippen LogP contribution in [0.4, 0.5) is 5.69 Å². The maximum atomic E-state index is 12.6. The van der Waals surface area contributed by atoms with Crippen LogP contribution < -0.4 is 5.32 Å². The molecule has 0 saturated carbocycles. The lowest BCUT2D eigenvalue weighted by molar-refractivity contribution is -0.122. The van der Waals surface area contributed by atoms with Gasteiger partial charge in [-0.3, -0.25) is 20.1 Å². The van der Waals surface area contributed by atoms with Crippen LogP contribution in [0.3, 0.4) is 0 Å². The fourth-order valence-electron chi connectivity index (χ4n) is 3.17. The Kier molecular flexibility index (Phi) is 5.88. The van der Waals surface area contributed by atoms with Crippen molar-refractivity contribution in [3.63, 3.8) is 0 Å². The monoisotopic (exact) mass is 440 g/mol. The molecule has 0 spiro atoms. The second-order valence-corrected chi connectivity index (χ2v) is 7.60. The number of ether oxygens (including phenoxy) is 1. The summed E-state index contributed by atoms with van der Waals surface area (Å²) in [6, 6.07) is 14.3. The van der Waals surface area contributed by atoms with Crippen LogP contribution in [0.5, 0.6) is 0 Å². The van der Waals surface area contributed by atoms with Gasteiger partial charge in [0.1, 0.15) is 0 Å². The van der Waals surface area contributed by atoms with Crippen molar-refractivity contribution >= 4 is 57.8 Å². The number of benzene rings is 2. The Morgan fingerprint density at radius 2 is 1.87 bits per heavy atom. The van der Waals surface area contributed by atoms with Crippen LogP contribution >= 0.6 is 23.2 Å². The molecular weight excluding hydrogens is 423 g/mol. The lowest BCUT2D eigenvalue weighted by atomic mass is 10.2. The van der Waals surface area contributed by atoms with Crippen molar-refractivity contribution < 1.29 is 9.53 Å². The average Bonchev–Trinajstić information content (AvgIpc) is 2.99. The van der Waals surface area contributed by atoms with Gasteiger partial charge in [-0.1, -0.05) is 35.3 Å². The molecule has 1 saturated heterocycles. The first-order valence-electron chi connectivity index (χ1n) is 9.35. The van der Waals surface area contributed by atoms with Crippen molar-refractivity contribution in [2.75, 3.05) is 18.4 Å². The Balaban J connectivity index is 1.36. The van der Waals surface area contributed by atoms with Gasteiger partial charge >= 0.3 is 0 Å². The van der Waals surface area contributed by atoms with Crippen LogP contribution in [0.2, 0.25) is 10.0 Å². The predicted molar refractivity (Wildman–Crippen MR) is 120 cm³/mol. The Morgan fingerprint density at radius 1 is 1.10 bits per heavy atom. The molecule has 2 aromatic carbocycles. The van der Waals surface area contributed by atoms with E-state index < -0.39 is 0 Å². The minimum absolute atomic E-state index is 0.132. The van der Waals surface area contributed by atoms with Gasteiger partial charge in [-0.15, -0.1) is 0 Å². The molecule has 1 amide bonds. The van der Waals surface area contributed by atoms with E-state index in [2.05, 4.69) is 10.3 Å². The summed E-state index contributed by atoms with van der Waals surface area (Å²) in [7, 11) is 0. The van der Waals surface area contributed by atoms with Crippen molar-refractivity contribution in [2.24, 2.45) is 0 Å². The number of halogens is 2. The third-order valence-electron chi connectivity index (χ3n) is 4.65. The van der Waals surface area contributed by atoms with E-state index in [0.29, 0.717) is 29.6 Å². The highest BCUT2D eigenvalue weighted by molar-refractivity contribution is 6.31. The van der Waals surface area contributed by atoms with E-state index in [4.69, 9.17) is 33.3 Å². The zero-order chi connectivity index (χ0) is 21.1. The van der Waals surface area contributed by atoms with E-state index in [1.165, 1.54) is 4.90 Å². The largest absolute Gasteiger partial charge is 0.420 e. The number of nitrogens with zero attached hydrogens (tertiary/aromatic N) is 2. The zero-order valence-corrected chi connectivity index (χ0v) is 17.4. The van der Waals surface area contributed by atoms with Crippen LogP contribution in [-0.2, 0) is 9.53 Å². The van der Waals surface area contributed by atoms with Crippen LogP contribution in [-0.4, -0.2) is 34.9 Å². The standard InChI is InChI=1S/C22H18Cl2N4O2/c23-15-4-2-14(3-5-15)12-20-21(29)28(22(25)30-20)11-1-9-26-18-8-10-27-19-13-16(24)6-7-17(18)19/h2-8,10,12-13,25H,1,9,11H2,(H,26,27)/b20-12+,25-22?. The molecule has 2 N–H and O–H groups in total. The maximum Gasteiger partial charge on any atom is 0.297 e. The molecule has 6 nitrogen and oxygen atoms in total. The molecule has 0 radical (unpaired) electrons. The van der Waals surface area contributed by atoms with Crippen molar-refractivity contribution in [2.45, 2.75) is 6.42 Å². The summed E-state index contributed by atoms with van der Waals surface area (Å²) in [5.74, 6) is -0.189. The molecule has 1 aliphatic heterocycles. The first kappa shape index (κ1) is 20.2. The molecule has 0 aliphatic carbocycles. The normalized spacial score (nSPS) is 15.1. The third kappa shape index (κ3) is 4.40. The van der Waals surface area contributed by atoms with Gasteiger partial charge in [0, 0.05) is 40.4 Å². The maximum absolute atomic E-state index is 12.6. The van der Waals surface area contributed by atoms with Gasteiger partial charge in [0.05, 0.1) is 5.52 Å². The quantitative estimate of drug-likeness (QED) is 0.408. The first-order valence-corrected chi connectivity index (χ1v) is 10.1. The first-order chi connectivity index (χ1) is 14.5. The molecule has 2 heterocycles. The smallest absolute Gasteiger partial charge is 0.297 e. The fraction of sp³-hybridized carbons (Fsp3) is 0.136. The molecule has 30 heavy (non-hydrogen) atoms. The van der Waals surface area contributed by atoms with Gasteiger partial charge in [0.15, 0.2) is 5.76 Å². The number of fused-ring (bicyclic) bond motifs is 1. The van der Waals surface area contributed by atoms with Gasteiger partial charge in [0.25, 0.3) is 11.9 Å². The molecule has 1 fully saturated rings. The highest BCUT2D eigenvalue weighted by Gasteiger charge is 2.33. The van der Waals surface area contributed by atoms with Crippen molar-refractivity contribution in [1.29, 1.82) is 5.41 Å². The van der Waals surface area contributed by atoms with Crippen LogP contribution in [0, 0.1) is 5.41 Å². The highest BCUT2D eigenvalue weighted by Crippen LogP contribution is 2.25. The van der Waals surface area contributed by atoms with Gasteiger partial charge in [-0.25, -0.2) is 0 Å². The molecule has 8 heteroatoms. The zero-order valence-electron chi connectivity index (χ0n) is 15.9. The van der Waals surface area contributed by atoms with Crippen LogP contribution in [0.25, 0.3) is 17.0 Å². The minimum Gasteiger partial charge on any atom is -0.420 e. The number of carbonyl (C=O) groups excluding carboxylic acids is 1. The predicted octanol–water partition coefficient (Wildman–Crippen LogP) is 5.18. The van der Waals surface area contributed by atoms with Crippen LogP contribution in [0.1, 0.15) is 12.0 Å². The molecule has 3 aromatic rings. The summed E-state index contributed by atoms with van der Waals surface area (Å²) in [5, 5.41) is 13.6. The SMILES string of the molecule is N=C1O/C(=C/c2ccc(Cl)cc2)C(=O)N1CCCNc1ccnc2cc(Cl)ccc12. The van der Waals surface area contributed by atoms with Crippen molar-refractivity contribution in [3.05, 3.63) is 76.1 Å². The van der Waals surface area contributed by atoms with Gasteiger partial charge in [-0.05, 0) is 54.5 Å². The van der Waals surface area contributed by atoms with Gasteiger partial charge in [0.2, 0.25) is 0 Å². The molecule has 4 rings (SSSR count). The number of hydrogen-bond donors (Lipinski definition) is 2. The topological polar surface area (TPSA) is 78.3 Å². The molecule has 0 bridgehead atoms. The number of amidine groups is 1. The van der Waals surface area contributed by atoms with Crippen LogP contribution in [0.15, 0.2) is 60.5 Å². The number of aromatic nitrogens is 1. The van der Waals surface area contributed by atoms with Crippen molar-refractivity contribution in [3.8, 4) is 0 Å². The summed E-state index contributed by atoms with van der Waals surface area (Å²) in [5.41, 5.74) is 2.54. The lowest BCUT2D eigenvalue weighted by Crippen LogP contribution is -2.31. The molecule has 0 unspecified atom stereocenters. The Hall–Kier alpha value is -3.09. The number of rotatable bonds is 6. The fourth-order valence-corrected chi connectivity index (χ4v) is 3.46. The highest BCUT2D eigenvalue weighted by atomic mass is 35.5. The van der Waals surface area contributed by atoms with E-state index in [9.17, 15) is 4.79 Å². The third-order valence-corrected chi connectivity index (χ3v) is 5.14. The number of amides is 1. The number of anilines is 1. The molecular formula is C22H18Cl2N4O2. The van der Waals surface area contributed by atoms with Crippen molar-refractivity contribution in [1.82, 2.24) is 9.88 Å². The summed E-state index contributed by atoms with van der Waals surface area (Å²) >= 11 is 11.9.